The van der Waals surface area contributed by atoms with Gasteiger partial charge in [0.1, 0.15) is 6.61 Å². The van der Waals surface area contributed by atoms with Crippen LogP contribution in [0, 0.1) is 11.8 Å². The molecule has 0 aliphatic heterocycles. The van der Waals surface area contributed by atoms with E-state index in [0.717, 1.165) is 5.56 Å². The lowest BCUT2D eigenvalue weighted by Gasteiger charge is -2.05. The van der Waals surface area contributed by atoms with Gasteiger partial charge in [0.2, 0.25) is 0 Å². The van der Waals surface area contributed by atoms with Crippen LogP contribution < -0.4 is 5.32 Å². The lowest BCUT2D eigenvalue weighted by atomic mass is 10.2. The van der Waals surface area contributed by atoms with Gasteiger partial charge in [-0.25, -0.2) is 14.6 Å². The minimum Gasteiger partial charge on any atom is -0.461 e. The van der Waals surface area contributed by atoms with Gasteiger partial charge in [-0.15, -0.1) is 11.3 Å². The number of thiazole rings is 1. The fraction of sp³-hybridized carbons (Fsp3) is 0.278. The van der Waals surface area contributed by atoms with E-state index in [1.807, 2.05) is 30.3 Å². The number of aromatic nitrogens is 1. The highest BCUT2D eigenvalue weighted by Crippen LogP contribution is 2.09. The first-order valence-electron chi connectivity index (χ1n) is 7.75. The molecule has 0 fully saturated rings. The molecule has 130 valence electrons. The molecule has 2 rings (SSSR count). The molecule has 0 atom stereocenters. The topological polar surface area (TPSA) is 77.5 Å². The van der Waals surface area contributed by atoms with Crippen molar-refractivity contribution in [2.24, 2.45) is 0 Å². The Morgan fingerprint density at radius 1 is 1.24 bits per heavy atom. The SMILES string of the molecule is CCOC(=O)c1csc(C#CCCNC(=O)OCc2ccccc2)n1. The number of benzene rings is 1. The van der Waals surface area contributed by atoms with E-state index in [2.05, 4.69) is 22.1 Å². The van der Waals surface area contributed by atoms with Crippen molar-refractivity contribution < 1.29 is 19.1 Å². The Morgan fingerprint density at radius 3 is 2.80 bits per heavy atom. The van der Waals surface area contributed by atoms with Gasteiger partial charge in [0, 0.05) is 18.3 Å². The van der Waals surface area contributed by atoms with E-state index in [0.29, 0.717) is 24.6 Å². The molecule has 1 aromatic carbocycles. The molecule has 0 unspecified atom stereocenters. The van der Waals surface area contributed by atoms with E-state index in [1.54, 1.807) is 12.3 Å². The average Bonchev–Trinajstić information content (AvgIpc) is 3.10. The van der Waals surface area contributed by atoms with Crippen molar-refractivity contribution in [3.63, 3.8) is 0 Å². The summed E-state index contributed by atoms with van der Waals surface area (Å²) in [5.41, 5.74) is 1.19. The van der Waals surface area contributed by atoms with Crippen LogP contribution in [0.2, 0.25) is 0 Å². The van der Waals surface area contributed by atoms with Crippen LogP contribution in [-0.4, -0.2) is 30.2 Å². The molecule has 0 bridgehead atoms. The molecule has 1 heterocycles. The molecule has 7 heteroatoms. The first-order valence-corrected chi connectivity index (χ1v) is 8.63. The Labute approximate surface area is 150 Å². The second kappa shape index (κ2) is 10.1. The summed E-state index contributed by atoms with van der Waals surface area (Å²) < 4.78 is 9.95. The number of rotatable bonds is 6. The zero-order chi connectivity index (χ0) is 17.9. The average molecular weight is 358 g/mol. The minimum atomic E-state index is -0.482. The smallest absolute Gasteiger partial charge is 0.407 e. The van der Waals surface area contributed by atoms with Crippen LogP contribution in [0.3, 0.4) is 0 Å². The summed E-state index contributed by atoms with van der Waals surface area (Å²) in [6, 6.07) is 9.45. The highest BCUT2D eigenvalue weighted by molar-refractivity contribution is 7.10. The summed E-state index contributed by atoms with van der Waals surface area (Å²) in [6.07, 6.45) is -0.0288. The van der Waals surface area contributed by atoms with E-state index >= 15 is 0 Å². The van der Waals surface area contributed by atoms with E-state index in [-0.39, 0.29) is 12.3 Å². The molecule has 1 amide bonds. The highest BCUT2D eigenvalue weighted by atomic mass is 32.1. The lowest BCUT2D eigenvalue weighted by Crippen LogP contribution is -2.24. The quantitative estimate of drug-likeness (QED) is 0.488. The van der Waals surface area contributed by atoms with Gasteiger partial charge in [-0.1, -0.05) is 36.3 Å². The maximum Gasteiger partial charge on any atom is 0.407 e. The van der Waals surface area contributed by atoms with Crippen LogP contribution in [0.15, 0.2) is 35.7 Å². The molecule has 0 saturated carbocycles. The van der Waals surface area contributed by atoms with Gasteiger partial charge in [-0.05, 0) is 18.4 Å². The number of carbonyl (C=O) groups excluding carboxylic acids is 2. The van der Waals surface area contributed by atoms with E-state index < -0.39 is 12.1 Å². The Balaban J connectivity index is 1.67. The third-order valence-corrected chi connectivity index (χ3v) is 3.67. The van der Waals surface area contributed by atoms with Crippen molar-refractivity contribution in [2.75, 3.05) is 13.2 Å². The minimum absolute atomic E-state index is 0.230. The summed E-state index contributed by atoms with van der Waals surface area (Å²) in [5.74, 6) is 5.29. The molecule has 0 aliphatic rings. The molecule has 0 saturated heterocycles. The van der Waals surface area contributed by atoms with Crippen LogP contribution in [-0.2, 0) is 16.1 Å². The van der Waals surface area contributed by atoms with Crippen molar-refractivity contribution in [2.45, 2.75) is 20.0 Å². The molecule has 1 N–H and O–H groups in total. The number of nitrogens with one attached hydrogen (secondary N) is 1. The van der Waals surface area contributed by atoms with Crippen molar-refractivity contribution in [1.29, 1.82) is 0 Å². The second-order valence-corrected chi connectivity index (χ2v) is 5.66. The van der Waals surface area contributed by atoms with Crippen molar-refractivity contribution >= 4 is 23.4 Å². The van der Waals surface area contributed by atoms with Crippen LogP contribution >= 0.6 is 11.3 Å². The molecule has 1 aromatic heterocycles. The lowest BCUT2D eigenvalue weighted by molar-refractivity contribution is 0.0520. The Bertz CT molecular complexity index is 762. The zero-order valence-electron chi connectivity index (χ0n) is 13.8. The summed E-state index contributed by atoms with van der Waals surface area (Å²) in [5, 5.41) is 4.77. The highest BCUT2D eigenvalue weighted by Gasteiger charge is 2.10. The standard InChI is InChI=1S/C18H18N2O4S/c1-2-23-17(21)15-13-25-16(20-15)10-6-7-11-19-18(22)24-12-14-8-4-3-5-9-14/h3-5,8-9,13H,2,7,11-12H2,1H3,(H,19,22). The summed E-state index contributed by atoms with van der Waals surface area (Å²) in [4.78, 5) is 27.1. The number of ether oxygens (including phenoxy) is 2. The zero-order valence-corrected chi connectivity index (χ0v) is 14.6. The number of esters is 1. The fourth-order valence-electron chi connectivity index (χ4n) is 1.77. The molecule has 0 spiro atoms. The predicted octanol–water partition coefficient (Wildman–Crippen LogP) is 2.99. The maximum atomic E-state index is 11.5. The Morgan fingerprint density at radius 2 is 2.04 bits per heavy atom. The van der Waals surface area contributed by atoms with Gasteiger partial charge in [0.05, 0.1) is 6.61 Å². The van der Waals surface area contributed by atoms with Crippen LogP contribution in [0.25, 0.3) is 0 Å². The van der Waals surface area contributed by atoms with Gasteiger partial charge in [0.15, 0.2) is 10.7 Å². The van der Waals surface area contributed by atoms with Crippen molar-refractivity contribution in [3.05, 3.63) is 52.0 Å². The van der Waals surface area contributed by atoms with Gasteiger partial charge >= 0.3 is 12.1 Å². The number of alkyl carbamates (subject to hydrolysis) is 1. The molecular weight excluding hydrogens is 340 g/mol. The number of carbonyl (C=O) groups is 2. The number of nitrogens with zero attached hydrogens (tertiary/aromatic N) is 1. The summed E-state index contributed by atoms with van der Waals surface area (Å²) >= 11 is 1.28. The third-order valence-electron chi connectivity index (χ3n) is 2.92. The van der Waals surface area contributed by atoms with Crippen LogP contribution in [0.5, 0.6) is 0 Å². The molecule has 25 heavy (non-hydrogen) atoms. The Hall–Kier alpha value is -2.85. The molecule has 0 radical (unpaired) electrons. The van der Waals surface area contributed by atoms with E-state index in [4.69, 9.17) is 9.47 Å². The Kier molecular flexibility index (Phi) is 7.47. The van der Waals surface area contributed by atoms with Crippen molar-refractivity contribution in [3.8, 4) is 11.8 Å². The largest absolute Gasteiger partial charge is 0.461 e. The van der Waals surface area contributed by atoms with Gasteiger partial charge < -0.3 is 14.8 Å². The maximum absolute atomic E-state index is 11.5. The second-order valence-electron chi connectivity index (χ2n) is 4.80. The molecule has 0 aliphatic carbocycles. The van der Waals surface area contributed by atoms with Gasteiger partial charge in [0.25, 0.3) is 0 Å². The first-order chi connectivity index (χ1) is 12.2. The predicted molar refractivity (Wildman–Crippen MR) is 94.2 cm³/mol. The van der Waals surface area contributed by atoms with E-state index in [1.165, 1.54) is 11.3 Å². The third kappa shape index (κ3) is 6.65. The van der Waals surface area contributed by atoms with E-state index in [9.17, 15) is 9.59 Å². The number of hydrogen-bond donors (Lipinski definition) is 1. The molecule has 2 aromatic rings. The number of amides is 1. The monoisotopic (exact) mass is 358 g/mol. The summed E-state index contributed by atoms with van der Waals surface area (Å²) in [7, 11) is 0. The van der Waals surface area contributed by atoms with Crippen LogP contribution in [0.4, 0.5) is 4.79 Å². The first kappa shape index (κ1) is 18.5. The normalized spacial score (nSPS) is 9.64. The van der Waals surface area contributed by atoms with Crippen molar-refractivity contribution in [1.82, 2.24) is 10.3 Å². The van der Waals surface area contributed by atoms with Crippen LogP contribution in [0.1, 0.15) is 34.4 Å². The van der Waals surface area contributed by atoms with Gasteiger partial charge in [-0.3, -0.25) is 0 Å². The number of hydrogen-bond acceptors (Lipinski definition) is 6. The molecule has 6 nitrogen and oxygen atoms in total. The summed E-state index contributed by atoms with van der Waals surface area (Å²) in [6.45, 7) is 2.65. The van der Waals surface area contributed by atoms with Gasteiger partial charge in [-0.2, -0.15) is 0 Å². The molecular formula is C18H18N2O4S. The fourth-order valence-corrected chi connectivity index (χ4v) is 2.42.